The Morgan fingerprint density at radius 1 is 1.25 bits per heavy atom. The van der Waals surface area contributed by atoms with Gasteiger partial charge < -0.3 is 4.90 Å². The zero-order valence-electron chi connectivity index (χ0n) is 17.8. The molecule has 0 spiro atoms. The number of likely N-dealkylation sites (tertiary alicyclic amines) is 1. The van der Waals surface area contributed by atoms with Crippen LogP contribution < -0.4 is 5.69 Å². The van der Waals surface area contributed by atoms with E-state index in [0.717, 1.165) is 35.1 Å². The molecule has 1 aliphatic heterocycles. The topological polar surface area (TPSA) is 101 Å². The molecule has 1 amide bonds. The van der Waals surface area contributed by atoms with Gasteiger partial charge in [-0.05, 0) is 44.0 Å². The number of aromatic nitrogens is 5. The van der Waals surface area contributed by atoms with Crippen LogP contribution in [0.25, 0.3) is 27.9 Å². The third-order valence-corrected chi connectivity index (χ3v) is 6.17. The molecule has 0 bridgehead atoms. The molecule has 0 aromatic carbocycles. The maximum absolute atomic E-state index is 13.3. The first-order valence-electron chi connectivity index (χ1n) is 10.8. The van der Waals surface area contributed by atoms with Gasteiger partial charge in [-0.1, -0.05) is 6.07 Å². The minimum atomic E-state index is -0.190. The zero-order valence-corrected chi connectivity index (χ0v) is 17.8. The number of carbonyl (C=O) groups excluding carboxylic acids is 1. The molecule has 9 nitrogen and oxygen atoms in total. The van der Waals surface area contributed by atoms with Crippen molar-refractivity contribution in [3.05, 3.63) is 53.2 Å². The van der Waals surface area contributed by atoms with Crippen LogP contribution in [0.1, 0.15) is 32.2 Å². The van der Waals surface area contributed by atoms with E-state index in [2.05, 4.69) is 5.10 Å². The van der Waals surface area contributed by atoms with Crippen molar-refractivity contribution in [1.29, 1.82) is 5.26 Å². The molecule has 1 aliphatic rings. The number of imidazole rings is 1. The first-order valence-corrected chi connectivity index (χ1v) is 10.8. The second-order valence-electron chi connectivity index (χ2n) is 8.00. The Kier molecular flexibility index (Phi) is 4.98. The van der Waals surface area contributed by atoms with Crippen LogP contribution in [-0.2, 0) is 11.3 Å². The summed E-state index contributed by atoms with van der Waals surface area (Å²) >= 11 is 0. The van der Waals surface area contributed by atoms with Crippen LogP contribution in [0.3, 0.4) is 0 Å². The van der Waals surface area contributed by atoms with E-state index in [-0.39, 0.29) is 24.1 Å². The molecule has 1 saturated heterocycles. The molecular weight excluding hydrogens is 406 g/mol. The third kappa shape index (κ3) is 3.15. The second-order valence-corrected chi connectivity index (χ2v) is 8.00. The highest BCUT2D eigenvalue weighted by atomic mass is 16.2. The fraction of sp³-hybridized carbons (Fsp3) is 0.348. The number of piperidine rings is 1. The molecule has 5 heterocycles. The molecule has 1 fully saturated rings. The monoisotopic (exact) mass is 429 g/mol. The molecule has 0 unspecified atom stereocenters. The SMILES string of the molecule is CCn1c(=O)n([C@H]2CCCN(C(=O)CC#N)C2)c2nc(-c3cnn4ccccc34)ccc21. The lowest BCUT2D eigenvalue weighted by atomic mass is 10.1. The van der Waals surface area contributed by atoms with Crippen LogP contribution in [0.5, 0.6) is 0 Å². The van der Waals surface area contributed by atoms with E-state index in [0.29, 0.717) is 25.3 Å². The van der Waals surface area contributed by atoms with Gasteiger partial charge in [-0.15, -0.1) is 0 Å². The predicted molar refractivity (Wildman–Crippen MR) is 119 cm³/mol. The summed E-state index contributed by atoms with van der Waals surface area (Å²) in [5.74, 6) is -0.190. The number of hydrogen-bond acceptors (Lipinski definition) is 5. The lowest BCUT2D eigenvalue weighted by molar-refractivity contribution is -0.131. The summed E-state index contributed by atoms with van der Waals surface area (Å²) in [5.41, 5.74) is 3.85. The van der Waals surface area contributed by atoms with Gasteiger partial charge in [-0.3, -0.25) is 13.9 Å². The number of carbonyl (C=O) groups is 1. The molecule has 0 radical (unpaired) electrons. The van der Waals surface area contributed by atoms with Crippen molar-refractivity contribution in [1.82, 2.24) is 28.6 Å². The van der Waals surface area contributed by atoms with Crippen molar-refractivity contribution in [2.24, 2.45) is 0 Å². The molecule has 9 heteroatoms. The Morgan fingerprint density at radius 3 is 2.94 bits per heavy atom. The third-order valence-electron chi connectivity index (χ3n) is 6.17. The fourth-order valence-corrected chi connectivity index (χ4v) is 4.64. The number of hydrogen-bond donors (Lipinski definition) is 0. The summed E-state index contributed by atoms with van der Waals surface area (Å²) in [5, 5.41) is 13.3. The average molecular weight is 429 g/mol. The molecule has 32 heavy (non-hydrogen) atoms. The van der Waals surface area contributed by atoms with Crippen LogP contribution in [-0.4, -0.2) is 47.6 Å². The highest BCUT2D eigenvalue weighted by Gasteiger charge is 2.28. The average Bonchev–Trinajstić information content (AvgIpc) is 3.37. The van der Waals surface area contributed by atoms with Crippen molar-refractivity contribution in [2.75, 3.05) is 13.1 Å². The first kappa shape index (κ1) is 20.0. The highest BCUT2D eigenvalue weighted by Crippen LogP contribution is 2.28. The van der Waals surface area contributed by atoms with Crippen LogP contribution in [0.4, 0.5) is 0 Å². The number of aryl methyl sites for hydroxylation is 1. The normalized spacial score (nSPS) is 16.5. The molecule has 162 valence electrons. The van der Waals surface area contributed by atoms with Gasteiger partial charge in [0.15, 0.2) is 5.65 Å². The van der Waals surface area contributed by atoms with Gasteiger partial charge in [0.2, 0.25) is 5.91 Å². The Morgan fingerprint density at radius 2 is 2.12 bits per heavy atom. The van der Waals surface area contributed by atoms with Crippen molar-refractivity contribution in [3.63, 3.8) is 0 Å². The van der Waals surface area contributed by atoms with E-state index >= 15 is 0 Å². The highest BCUT2D eigenvalue weighted by molar-refractivity contribution is 5.82. The van der Waals surface area contributed by atoms with Crippen molar-refractivity contribution in [3.8, 4) is 17.3 Å². The van der Waals surface area contributed by atoms with Crippen molar-refractivity contribution in [2.45, 2.75) is 38.8 Å². The van der Waals surface area contributed by atoms with Gasteiger partial charge in [0.25, 0.3) is 0 Å². The van der Waals surface area contributed by atoms with Crippen LogP contribution in [0.15, 0.2) is 47.5 Å². The summed E-state index contributed by atoms with van der Waals surface area (Å²) < 4.78 is 5.25. The van der Waals surface area contributed by atoms with E-state index in [1.807, 2.05) is 49.5 Å². The van der Waals surface area contributed by atoms with Crippen molar-refractivity contribution < 1.29 is 4.79 Å². The van der Waals surface area contributed by atoms with E-state index in [4.69, 9.17) is 10.2 Å². The predicted octanol–water partition coefficient (Wildman–Crippen LogP) is 2.61. The van der Waals surface area contributed by atoms with Gasteiger partial charge >= 0.3 is 5.69 Å². The number of rotatable bonds is 4. The zero-order chi connectivity index (χ0) is 22.2. The number of amides is 1. The summed E-state index contributed by atoms with van der Waals surface area (Å²) in [6, 6.07) is 11.5. The molecule has 4 aromatic heterocycles. The Balaban J connectivity index is 1.63. The summed E-state index contributed by atoms with van der Waals surface area (Å²) in [6.07, 6.45) is 5.08. The Bertz CT molecular complexity index is 1420. The van der Waals surface area contributed by atoms with E-state index in [1.165, 1.54) is 0 Å². The Labute approximate surface area is 184 Å². The summed E-state index contributed by atoms with van der Waals surface area (Å²) in [6.45, 7) is 3.49. The number of nitriles is 1. The first-order chi connectivity index (χ1) is 15.6. The Hall–Kier alpha value is -3.93. The smallest absolute Gasteiger partial charge is 0.330 e. The quantitative estimate of drug-likeness (QED) is 0.496. The summed E-state index contributed by atoms with van der Waals surface area (Å²) in [4.78, 5) is 32.2. The number of nitrogens with zero attached hydrogens (tertiary/aromatic N) is 7. The van der Waals surface area contributed by atoms with Crippen LogP contribution in [0.2, 0.25) is 0 Å². The molecule has 1 atom stereocenters. The van der Waals surface area contributed by atoms with Gasteiger partial charge in [-0.2, -0.15) is 10.4 Å². The fourth-order valence-electron chi connectivity index (χ4n) is 4.64. The summed E-state index contributed by atoms with van der Waals surface area (Å²) in [7, 11) is 0. The van der Waals surface area contributed by atoms with Gasteiger partial charge in [-0.25, -0.2) is 14.3 Å². The maximum Gasteiger partial charge on any atom is 0.330 e. The number of fused-ring (bicyclic) bond motifs is 2. The standard InChI is InChI=1S/C23H23N7O2/c1-2-28-20-9-8-18(17-14-25-29-13-4-3-7-19(17)29)26-22(20)30(23(28)32)16-6-5-12-27(15-16)21(31)10-11-24/h3-4,7-9,13-14,16H,2,5-6,10,12,15H2,1H3/t16-/m0/s1. The van der Waals surface area contributed by atoms with E-state index < -0.39 is 0 Å². The molecule has 0 N–H and O–H groups in total. The minimum Gasteiger partial charge on any atom is -0.340 e. The van der Waals surface area contributed by atoms with Gasteiger partial charge in [0, 0.05) is 31.4 Å². The molecule has 0 aliphatic carbocycles. The van der Waals surface area contributed by atoms with E-state index in [1.54, 1.807) is 24.7 Å². The lowest BCUT2D eigenvalue weighted by Gasteiger charge is -2.32. The lowest BCUT2D eigenvalue weighted by Crippen LogP contribution is -2.42. The maximum atomic E-state index is 13.3. The van der Waals surface area contributed by atoms with Crippen LogP contribution >= 0.6 is 0 Å². The van der Waals surface area contributed by atoms with Gasteiger partial charge in [0.05, 0.1) is 35.0 Å². The van der Waals surface area contributed by atoms with Crippen molar-refractivity contribution >= 4 is 22.6 Å². The number of pyridine rings is 2. The minimum absolute atomic E-state index is 0.119. The molecule has 5 rings (SSSR count). The molecule has 4 aromatic rings. The molecular formula is C23H23N7O2. The molecule has 0 saturated carbocycles. The van der Waals surface area contributed by atoms with E-state index in [9.17, 15) is 9.59 Å². The largest absolute Gasteiger partial charge is 0.340 e. The van der Waals surface area contributed by atoms with Gasteiger partial charge in [0.1, 0.15) is 6.42 Å². The second kappa shape index (κ2) is 7.96. The van der Waals surface area contributed by atoms with Crippen LogP contribution in [0, 0.1) is 11.3 Å².